The molecule has 2 N–H and O–H groups in total. The smallest absolute Gasteiger partial charge is 0.373 e. The number of halogens is 3. The Morgan fingerprint density at radius 1 is 1.14 bits per heavy atom. The van der Waals surface area contributed by atoms with Gasteiger partial charge in [0.1, 0.15) is 16.4 Å². The predicted molar refractivity (Wildman–Crippen MR) is 126 cm³/mol. The molecule has 0 unspecified atom stereocenters. The quantitative estimate of drug-likeness (QED) is 0.450. The molecule has 0 radical (unpaired) electrons. The van der Waals surface area contributed by atoms with Crippen LogP contribution in [0.5, 0.6) is 0 Å². The number of hydrogen-bond donors (Lipinski definition) is 2. The normalized spacial score (nSPS) is 15.1. The summed E-state index contributed by atoms with van der Waals surface area (Å²) in [6.45, 7) is 4.75. The Bertz CT molecular complexity index is 1210. The van der Waals surface area contributed by atoms with Gasteiger partial charge < -0.3 is 19.9 Å². The maximum Gasteiger partial charge on any atom is 0.433 e. The standard InChI is InChI=1S/C24H26F3N5O3S/c1-3-16(14-5-6-20(29-12-14)24(25,26)27)30-21(33)15-11-18(32-8-9-35-13-19(15)32)22(34)31-17(4-2)23-28-7-10-36-23/h5-7,10-12,16-17H,3-4,8-9,13H2,1-2H3,(H,30,33)(H,31,34)/t16-,17-/m1/s1. The Morgan fingerprint density at radius 3 is 2.50 bits per heavy atom. The molecule has 36 heavy (non-hydrogen) atoms. The van der Waals surface area contributed by atoms with Crippen LogP contribution in [0.25, 0.3) is 0 Å². The lowest BCUT2D eigenvalue weighted by Gasteiger charge is -2.21. The van der Waals surface area contributed by atoms with Crippen LogP contribution in [0.1, 0.15) is 81.6 Å². The first-order chi connectivity index (χ1) is 17.2. The Hall–Kier alpha value is -3.25. The third kappa shape index (κ3) is 5.44. The fourth-order valence-corrected chi connectivity index (χ4v) is 4.90. The van der Waals surface area contributed by atoms with E-state index in [0.29, 0.717) is 48.5 Å². The Morgan fingerprint density at radius 2 is 1.89 bits per heavy atom. The minimum atomic E-state index is -4.54. The van der Waals surface area contributed by atoms with Crippen molar-refractivity contribution in [1.29, 1.82) is 0 Å². The van der Waals surface area contributed by atoms with Crippen LogP contribution in [0.2, 0.25) is 0 Å². The van der Waals surface area contributed by atoms with Gasteiger partial charge in [-0.25, -0.2) is 4.98 Å². The zero-order valence-electron chi connectivity index (χ0n) is 19.8. The number of carbonyl (C=O) groups is 2. The van der Waals surface area contributed by atoms with Gasteiger partial charge in [-0.2, -0.15) is 13.2 Å². The predicted octanol–water partition coefficient (Wildman–Crippen LogP) is 4.65. The van der Waals surface area contributed by atoms with E-state index in [1.807, 2.05) is 19.2 Å². The highest BCUT2D eigenvalue weighted by atomic mass is 32.1. The van der Waals surface area contributed by atoms with E-state index in [1.165, 1.54) is 17.4 Å². The molecular weight excluding hydrogens is 495 g/mol. The number of nitrogens with one attached hydrogen (secondary N) is 2. The second-order valence-electron chi connectivity index (χ2n) is 8.31. The topological polar surface area (TPSA) is 98.1 Å². The Balaban J connectivity index is 1.56. The second-order valence-corrected chi connectivity index (χ2v) is 9.23. The molecule has 4 rings (SSSR count). The molecule has 12 heteroatoms. The number of thiazole rings is 1. The first-order valence-electron chi connectivity index (χ1n) is 11.6. The van der Waals surface area contributed by atoms with Crippen molar-refractivity contribution in [3.63, 3.8) is 0 Å². The maximum atomic E-state index is 13.3. The fourth-order valence-electron chi connectivity index (χ4n) is 4.12. The van der Waals surface area contributed by atoms with Gasteiger partial charge in [-0.05, 0) is 30.5 Å². The molecule has 0 fully saturated rings. The number of carbonyl (C=O) groups excluding carboxylic acids is 2. The summed E-state index contributed by atoms with van der Waals surface area (Å²) in [7, 11) is 0. The molecule has 8 nitrogen and oxygen atoms in total. The molecule has 0 bridgehead atoms. The lowest BCUT2D eigenvalue weighted by Crippen LogP contribution is -2.31. The van der Waals surface area contributed by atoms with E-state index >= 15 is 0 Å². The molecule has 3 aromatic rings. The van der Waals surface area contributed by atoms with Gasteiger partial charge in [0.2, 0.25) is 0 Å². The first-order valence-corrected chi connectivity index (χ1v) is 12.4. The summed E-state index contributed by atoms with van der Waals surface area (Å²) in [4.78, 5) is 34.3. The van der Waals surface area contributed by atoms with Gasteiger partial charge in [-0.15, -0.1) is 11.3 Å². The highest BCUT2D eigenvalue weighted by Gasteiger charge is 2.33. The average molecular weight is 522 g/mol. The molecule has 2 amide bonds. The lowest BCUT2D eigenvalue weighted by atomic mass is 10.1. The molecule has 0 aliphatic carbocycles. The number of fused-ring (bicyclic) bond motifs is 1. The molecular formula is C24H26F3N5O3S. The molecule has 192 valence electrons. The molecule has 0 spiro atoms. The monoisotopic (exact) mass is 521 g/mol. The number of hydrogen-bond acceptors (Lipinski definition) is 6. The third-order valence-electron chi connectivity index (χ3n) is 6.04. The van der Waals surface area contributed by atoms with E-state index in [2.05, 4.69) is 20.6 Å². The van der Waals surface area contributed by atoms with E-state index in [-0.39, 0.29) is 18.6 Å². The van der Waals surface area contributed by atoms with E-state index in [9.17, 15) is 22.8 Å². The van der Waals surface area contributed by atoms with Gasteiger partial charge in [0.25, 0.3) is 11.8 Å². The molecule has 0 aromatic carbocycles. The number of aromatic nitrogens is 3. The maximum absolute atomic E-state index is 13.3. The number of nitrogens with zero attached hydrogens (tertiary/aromatic N) is 3. The SMILES string of the molecule is CC[C@@H](NC(=O)c1cc(C(=O)N[C@H](CC)c2nccs2)n2c1COCC2)c1ccc(C(F)(F)F)nc1. The van der Waals surface area contributed by atoms with Crippen molar-refractivity contribution in [2.24, 2.45) is 0 Å². The van der Waals surface area contributed by atoms with Crippen molar-refractivity contribution in [2.45, 2.75) is 58.1 Å². The summed E-state index contributed by atoms with van der Waals surface area (Å²) >= 11 is 1.46. The van der Waals surface area contributed by atoms with Gasteiger partial charge in [-0.1, -0.05) is 19.9 Å². The van der Waals surface area contributed by atoms with Crippen molar-refractivity contribution in [3.8, 4) is 0 Å². The summed E-state index contributed by atoms with van der Waals surface area (Å²) in [6.07, 6.45) is -0.641. The molecule has 4 heterocycles. The van der Waals surface area contributed by atoms with Crippen LogP contribution in [0, 0.1) is 0 Å². The summed E-state index contributed by atoms with van der Waals surface area (Å²) in [5, 5.41) is 8.51. The van der Waals surface area contributed by atoms with Crippen LogP contribution in [0.15, 0.2) is 36.0 Å². The van der Waals surface area contributed by atoms with Gasteiger partial charge >= 0.3 is 6.18 Å². The molecule has 0 saturated carbocycles. The number of ether oxygens (including phenoxy) is 1. The molecule has 2 atom stereocenters. The molecule has 0 saturated heterocycles. The summed E-state index contributed by atoms with van der Waals surface area (Å²) < 4.78 is 45.9. The Labute approximate surface area is 209 Å². The minimum absolute atomic E-state index is 0.165. The molecule has 1 aliphatic heterocycles. The van der Waals surface area contributed by atoms with Crippen LogP contribution in [-0.2, 0) is 24.1 Å². The lowest BCUT2D eigenvalue weighted by molar-refractivity contribution is -0.141. The number of rotatable bonds is 8. The van der Waals surface area contributed by atoms with Crippen LogP contribution < -0.4 is 10.6 Å². The van der Waals surface area contributed by atoms with E-state index < -0.39 is 23.8 Å². The third-order valence-corrected chi connectivity index (χ3v) is 6.93. The van der Waals surface area contributed by atoms with E-state index in [4.69, 9.17) is 4.74 Å². The zero-order chi connectivity index (χ0) is 25.9. The largest absolute Gasteiger partial charge is 0.433 e. The summed E-state index contributed by atoms with van der Waals surface area (Å²) in [5.74, 6) is -0.764. The van der Waals surface area contributed by atoms with Crippen molar-refractivity contribution in [3.05, 3.63) is 69.2 Å². The fraction of sp³-hybridized carbons (Fsp3) is 0.417. The van der Waals surface area contributed by atoms with E-state index in [0.717, 1.165) is 17.3 Å². The minimum Gasteiger partial charge on any atom is -0.373 e. The van der Waals surface area contributed by atoms with Gasteiger partial charge in [0.15, 0.2) is 0 Å². The van der Waals surface area contributed by atoms with E-state index in [1.54, 1.807) is 16.8 Å². The number of amides is 2. The van der Waals surface area contributed by atoms with Crippen molar-refractivity contribution >= 4 is 23.2 Å². The van der Waals surface area contributed by atoms with Crippen molar-refractivity contribution in [1.82, 2.24) is 25.2 Å². The highest BCUT2D eigenvalue weighted by molar-refractivity contribution is 7.09. The van der Waals surface area contributed by atoms with Crippen LogP contribution in [0.4, 0.5) is 13.2 Å². The highest BCUT2D eigenvalue weighted by Crippen LogP contribution is 2.29. The van der Waals surface area contributed by atoms with Gasteiger partial charge in [0, 0.05) is 24.3 Å². The van der Waals surface area contributed by atoms with Gasteiger partial charge in [0.05, 0.1) is 36.6 Å². The van der Waals surface area contributed by atoms with Gasteiger partial charge in [-0.3, -0.25) is 14.6 Å². The summed E-state index contributed by atoms with van der Waals surface area (Å²) in [5.41, 5.74) is 0.671. The zero-order valence-corrected chi connectivity index (χ0v) is 20.6. The van der Waals surface area contributed by atoms with Crippen molar-refractivity contribution in [2.75, 3.05) is 6.61 Å². The summed E-state index contributed by atoms with van der Waals surface area (Å²) in [6, 6.07) is 2.94. The van der Waals surface area contributed by atoms with Crippen LogP contribution in [0.3, 0.4) is 0 Å². The second kappa shape index (κ2) is 10.8. The first kappa shape index (κ1) is 25.8. The Kier molecular flexibility index (Phi) is 7.74. The van der Waals surface area contributed by atoms with Crippen LogP contribution >= 0.6 is 11.3 Å². The number of pyridine rings is 1. The average Bonchev–Trinajstić information content (AvgIpc) is 3.54. The molecule has 1 aliphatic rings. The van der Waals surface area contributed by atoms with Crippen LogP contribution in [-0.4, -0.2) is 33.0 Å². The number of alkyl halides is 3. The van der Waals surface area contributed by atoms with Crippen molar-refractivity contribution < 1.29 is 27.5 Å². The molecule has 3 aromatic heterocycles.